The molecule has 4 rings (SSSR count). The first kappa shape index (κ1) is 29.5. The minimum absolute atomic E-state index is 0.0860. The smallest absolute Gasteiger partial charge is 0.341 e. The maximum atomic E-state index is 13.1. The molecule has 5 N–H and O–H groups in total. The maximum absolute atomic E-state index is 13.1. The van der Waals surface area contributed by atoms with Crippen molar-refractivity contribution in [2.45, 2.75) is 45.8 Å². The molecule has 0 aliphatic carbocycles. The van der Waals surface area contributed by atoms with Crippen LogP contribution >= 0.6 is 0 Å². The van der Waals surface area contributed by atoms with Crippen LogP contribution in [0.5, 0.6) is 0 Å². The number of esters is 1. The van der Waals surface area contributed by atoms with Crippen molar-refractivity contribution in [2.24, 2.45) is 15.7 Å². The van der Waals surface area contributed by atoms with Crippen molar-refractivity contribution >= 4 is 23.3 Å². The number of aromatic nitrogens is 2. The average Bonchev–Trinajstić information content (AvgIpc) is 3.40. The number of rotatable bonds is 12. The van der Waals surface area contributed by atoms with Gasteiger partial charge in [0.2, 0.25) is 0 Å². The summed E-state index contributed by atoms with van der Waals surface area (Å²) in [6.45, 7) is 6.81. The number of allylic oxidation sites excluding steroid dienone is 1. The molecule has 216 valence electrons. The lowest BCUT2D eigenvalue weighted by atomic mass is 9.99. The highest BCUT2D eigenvalue weighted by molar-refractivity contribution is 6.20. The van der Waals surface area contributed by atoms with Crippen molar-refractivity contribution in [1.82, 2.24) is 20.2 Å². The molecule has 41 heavy (non-hydrogen) atoms. The molecule has 1 aliphatic heterocycles. The third-order valence-corrected chi connectivity index (χ3v) is 7.04. The van der Waals surface area contributed by atoms with Crippen molar-refractivity contribution in [3.8, 4) is 5.69 Å². The average molecular weight is 557 g/mol. The van der Waals surface area contributed by atoms with Gasteiger partial charge in [-0.2, -0.15) is 0 Å². The van der Waals surface area contributed by atoms with E-state index in [2.05, 4.69) is 62.1 Å². The zero-order valence-electron chi connectivity index (χ0n) is 24.4. The Hall–Kier alpha value is -4.44. The van der Waals surface area contributed by atoms with Crippen LogP contribution in [0.1, 0.15) is 50.1 Å². The lowest BCUT2D eigenvalue weighted by Crippen LogP contribution is -2.29. The van der Waals surface area contributed by atoms with Gasteiger partial charge in [0, 0.05) is 50.9 Å². The van der Waals surface area contributed by atoms with Gasteiger partial charge in [-0.25, -0.2) is 14.8 Å². The quantitative estimate of drug-likeness (QED) is 0.152. The van der Waals surface area contributed by atoms with Crippen LogP contribution in [0.3, 0.4) is 0 Å². The highest BCUT2D eigenvalue weighted by Gasteiger charge is 2.23. The molecule has 2 aromatic carbocycles. The van der Waals surface area contributed by atoms with Crippen LogP contribution in [-0.2, 0) is 16.0 Å². The van der Waals surface area contributed by atoms with Gasteiger partial charge in [0.25, 0.3) is 0 Å². The number of nitrogens with two attached hydrogens (primary N) is 1. The first-order valence-corrected chi connectivity index (χ1v) is 13.9. The zero-order chi connectivity index (χ0) is 29.4. The molecule has 0 fully saturated rings. The van der Waals surface area contributed by atoms with E-state index < -0.39 is 0 Å². The number of hydrogen-bond acceptors (Lipinski definition) is 9. The molecule has 0 spiro atoms. The lowest BCUT2D eigenvalue weighted by molar-refractivity contribution is -0.137. The van der Waals surface area contributed by atoms with Gasteiger partial charge in [-0.1, -0.05) is 42.5 Å². The number of fused-ring (bicyclic) bond motifs is 1. The van der Waals surface area contributed by atoms with E-state index in [0.717, 1.165) is 28.3 Å². The second kappa shape index (κ2) is 13.8. The first-order valence-electron chi connectivity index (χ1n) is 13.9. The summed E-state index contributed by atoms with van der Waals surface area (Å²) in [5.41, 5.74) is 11.9. The van der Waals surface area contributed by atoms with E-state index in [9.17, 15) is 4.79 Å². The molecule has 0 saturated heterocycles. The number of likely N-dealkylation sites (N-methyl/N-ethyl adjacent to an activating group) is 1. The molecule has 1 aliphatic rings. The Morgan fingerprint density at radius 1 is 1.20 bits per heavy atom. The van der Waals surface area contributed by atoms with Gasteiger partial charge in [0.1, 0.15) is 24.0 Å². The molecular weight excluding hydrogens is 516 g/mol. The summed E-state index contributed by atoms with van der Waals surface area (Å²) >= 11 is 0. The number of imidazole rings is 1. The largest absolute Gasteiger partial charge is 0.462 e. The van der Waals surface area contributed by atoms with E-state index in [1.807, 2.05) is 55.8 Å². The number of hydrogen-bond donors (Lipinski definition) is 4. The maximum Gasteiger partial charge on any atom is 0.341 e. The number of nitrogens with zero attached hydrogens (tertiary/aromatic N) is 4. The lowest BCUT2D eigenvalue weighted by Gasteiger charge is -2.20. The summed E-state index contributed by atoms with van der Waals surface area (Å²) in [5.74, 6) is 0.918. The van der Waals surface area contributed by atoms with Gasteiger partial charge in [-0.05, 0) is 44.0 Å². The minimum atomic E-state index is -0.365. The van der Waals surface area contributed by atoms with Gasteiger partial charge in [0.15, 0.2) is 5.84 Å². The zero-order valence-corrected chi connectivity index (χ0v) is 24.4. The first-order chi connectivity index (χ1) is 19.9. The highest BCUT2D eigenvalue weighted by Crippen LogP contribution is 2.25. The fraction of sp³-hybridized carbons (Fsp3) is 0.355. The van der Waals surface area contributed by atoms with Crippen LogP contribution in [0.2, 0.25) is 0 Å². The minimum Gasteiger partial charge on any atom is -0.462 e. The molecule has 1 aromatic heterocycles. The van der Waals surface area contributed by atoms with Gasteiger partial charge in [0.05, 0.1) is 17.9 Å². The van der Waals surface area contributed by atoms with Crippen LogP contribution in [-0.4, -0.2) is 60.5 Å². The third-order valence-electron chi connectivity index (χ3n) is 7.04. The van der Waals surface area contributed by atoms with Crippen molar-refractivity contribution in [2.75, 3.05) is 32.6 Å². The molecule has 10 nitrogen and oxygen atoms in total. The molecule has 1 unspecified atom stereocenters. The van der Waals surface area contributed by atoms with E-state index in [1.165, 1.54) is 0 Å². The predicted octanol–water partition coefficient (Wildman–Crippen LogP) is 3.74. The van der Waals surface area contributed by atoms with E-state index in [0.29, 0.717) is 48.8 Å². The Morgan fingerprint density at radius 3 is 2.59 bits per heavy atom. The number of anilines is 1. The monoisotopic (exact) mass is 556 g/mol. The van der Waals surface area contributed by atoms with Crippen LogP contribution < -0.4 is 21.7 Å². The number of ether oxygens (including phenoxy) is 1. The van der Waals surface area contributed by atoms with E-state index in [4.69, 9.17) is 10.5 Å². The van der Waals surface area contributed by atoms with Gasteiger partial charge in [-0.3, -0.25) is 9.56 Å². The standard InChI is InChI=1S/C31H40N8O2/c1-6-41-31(40)27(26(34-5)18-22-10-8-7-9-11-22)25(33-4)16-17-35-20(2)23-12-14-24(15-13-23)39-19-36-28-29(32)37-21(3)38-30(28)39/h7-15,19-21,34-35,38H,6,16-18H2,1-5H3,(H2,32,37)/b27-26+,33-25-/t20-,21?/m0/s1. The topological polar surface area (TPSA) is 131 Å². The van der Waals surface area contributed by atoms with Crippen molar-refractivity contribution in [3.05, 3.63) is 89.0 Å². The Morgan fingerprint density at radius 2 is 1.93 bits per heavy atom. The highest BCUT2D eigenvalue weighted by atomic mass is 16.5. The van der Waals surface area contributed by atoms with E-state index >= 15 is 0 Å². The fourth-order valence-electron chi connectivity index (χ4n) is 4.89. The van der Waals surface area contributed by atoms with Crippen molar-refractivity contribution in [3.63, 3.8) is 0 Å². The molecule has 0 amide bonds. The van der Waals surface area contributed by atoms with Crippen LogP contribution in [0.15, 0.2) is 82.2 Å². The summed E-state index contributed by atoms with van der Waals surface area (Å²) < 4.78 is 7.41. The summed E-state index contributed by atoms with van der Waals surface area (Å²) in [6.07, 6.45) is 2.79. The van der Waals surface area contributed by atoms with Crippen LogP contribution in [0.4, 0.5) is 5.82 Å². The van der Waals surface area contributed by atoms with Crippen molar-refractivity contribution in [1.29, 1.82) is 0 Å². The molecular formula is C31H40N8O2. The molecule has 3 aromatic rings. The third kappa shape index (κ3) is 7.01. The molecule has 10 heteroatoms. The van der Waals surface area contributed by atoms with Crippen molar-refractivity contribution < 1.29 is 9.53 Å². The Labute approximate surface area is 241 Å². The van der Waals surface area contributed by atoms with Crippen LogP contribution in [0.25, 0.3) is 5.69 Å². The molecule has 2 atom stereocenters. The summed E-state index contributed by atoms with van der Waals surface area (Å²) in [7, 11) is 3.55. The van der Waals surface area contributed by atoms with Gasteiger partial charge >= 0.3 is 5.97 Å². The Bertz CT molecular complexity index is 1420. The number of benzene rings is 2. The molecule has 2 heterocycles. The van der Waals surface area contributed by atoms with E-state index in [-0.39, 0.29) is 18.2 Å². The van der Waals surface area contributed by atoms with Gasteiger partial charge < -0.3 is 26.4 Å². The molecule has 0 bridgehead atoms. The SMILES string of the molecule is CCOC(=O)C(/C(CCN[C@@H](C)c1ccc(-n2cnc3c2NC(C)N=C3N)cc1)=N\C)=C(\Cc1ccccc1)NC. The molecule has 0 radical (unpaired) electrons. The number of carbonyl (C=O) groups excluding carboxylic acids is 1. The van der Waals surface area contributed by atoms with Gasteiger partial charge in [-0.15, -0.1) is 0 Å². The van der Waals surface area contributed by atoms with Crippen LogP contribution in [0, 0.1) is 0 Å². The Kier molecular flexibility index (Phi) is 9.91. The second-order valence-corrected chi connectivity index (χ2v) is 9.82. The number of nitrogens with one attached hydrogen (secondary N) is 3. The summed E-state index contributed by atoms with van der Waals surface area (Å²) in [4.78, 5) is 26.3. The number of aliphatic imine (C=N–C) groups is 2. The predicted molar refractivity (Wildman–Crippen MR) is 165 cm³/mol. The number of carbonyl (C=O) groups is 1. The number of amidine groups is 1. The second-order valence-electron chi connectivity index (χ2n) is 9.82. The summed E-state index contributed by atoms with van der Waals surface area (Å²) in [6, 6.07) is 18.4. The van der Waals surface area contributed by atoms with E-state index in [1.54, 1.807) is 13.4 Å². The fourth-order valence-corrected chi connectivity index (χ4v) is 4.89. The normalized spacial score (nSPS) is 16.2. The Balaban J connectivity index is 1.44. The molecule has 0 saturated carbocycles. The summed E-state index contributed by atoms with van der Waals surface area (Å²) in [5, 5.41) is 10.1.